The van der Waals surface area contributed by atoms with E-state index in [1.807, 2.05) is 0 Å². The van der Waals surface area contributed by atoms with Crippen molar-refractivity contribution in [1.29, 1.82) is 0 Å². The lowest BCUT2D eigenvalue weighted by Crippen LogP contribution is -1.90. The van der Waals surface area contributed by atoms with E-state index in [-0.39, 0.29) is 6.61 Å². The first-order valence-corrected chi connectivity index (χ1v) is 4.27. The van der Waals surface area contributed by atoms with Crippen molar-refractivity contribution in [2.45, 2.75) is 6.61 Å². The van der Waals surface area contributed by atoms with Gasteiger partial charge in [-0.1, -0.05) is 24.3 Å². The normalized spacial score (nSPS) is 10.1. The second-order valence-corrected chi connectivity index (χ2v) is 2.82. The molecule has 0 unspecified atom stereocenters. The fraction of sp³-hybridized carbons (Fsp3) is 0.0909. The minimum Gasteiger partial charge on any atom is -0.478 e. The molecule has 0 radical (unpaired) electrons. The number of hydrogen-bond donors (Lipinski definition) is 1. The van der Waals surface area contributed by atoms with Crippen molar-refractivity contribution in [2.24, 2.45) is 0 Å². The summed E-state index contributed by atoms with van der Waals surface area (Å²) < 4.78 is 4.56. The van der Waals surface area contributed by atoms with E-state index in [1.54, 1.807) is 24.3 Å². The summed E-state index contributed by atoms with van der Waals surface area (Å²) in [7, 11) is 0. The van der Waals surface area contributed by atoms with Crippen molar-refractivity contribution in [2.75, 3.05) is 0 Å². The first-order chi connectivity index (χ1) is 7.22. The fourth-order valence-corrected chi connectivity index (χ4v) is 1.02. The van der Waals surface area contributed by atoms with Crippen LogP contribution in [0.4, 0.5) is 0 Å². The number of benzene rings is 1. The molecule has 1 N–H and O–H groups in total. The summed E-state index contributed by atoms with van der Waals surface area (Å²) in [4.78, 5) is 20.2. The van der Waals surface area contributed by atoms with Crippen LogP contribution in [0.25, 0.3) is 6.08 Å². The van der Waals surface area contributed by atoms with Gasteiger partial charge in [-0.25, -0.2) is 4.79 Å². The molecule has 4 nitrogen and oxygen atoms in total. The summed E-state index contributed by atoms with van der Waals surface area (Å²) in [5, 5.41) is 8.40. The zero-order valence-electron chi connectivity index (χ0n) is 7.92. The van der Waals surface area contributed by atoms with E-state index in [0.717, 1.165) is 17.2 Å². The molecule has 1 aromatic rings. The Balaban J connectivity index is 2.63. The minimum absolute atomic E-state index is 0.229. The molecule has 0 fully saturated rings. The second kappa shape index (κ2) is 5.59. The molecule has 0 aliphatic rings. The highest BCUT2D eigenvalue weighted by molar-refractivity contribution is 5.85. The third-order valence-electron chi connectivity index (χ3n) is 1.72. The van der Waals surface area contributed by atoms with Crippen LogP contribution in [0, 0.1) is 0 Å². The third kappa shape index (κ3) is 4.08. The Morgan fingerprint density at radius 2 is 2.00 bits per heavy atom. The van der Waals surface area contributed by atoms with Gasteiger partial charge in [0.25, 0.3) is 6.47 Å². The van der Waals surface area contributed by atoms with E-state index < -0.39 is 5.97 Å². The van der Waals surface area contributed by atoms with E-state index in [0.29, 0.717) is 6.47 Å². The van der Waals surface area contributed by atoms with Crippen molar-refractivity contribution in [3.63, 3.8) is 0 Å². The van der Waals surface area contributed by atoms with Gasteiger partial charge in [-0.15, -0.1) is 0 Å². The van der Waals surface area contributed by atoms with Crippen LogP contribution in [0.2, 0.25) is 0 Å². The number of carbonyl (C=O) groups excluding carboxylic acids is 1. The third-order valence-corrected chi connectivity index (χ3v) is 1.72. The summed E-state index contributed by atoms with van der Waals surface area (Å²) in [6.07, 6.45) is 2.56. The molecule has 0 bridgehead atoms. The predicted molar refractivity (Wildman–Crippen MR) is 54.0 cm³/mol. The maximum atomic E-state index is 10.2. The Kier molecular flexibility index (Phi) is 4.09. The molecule has 78 valence electrons. The average molecular weight is 206 g/mol. The molecule has 0 saturated carbocycles. The van der Waals surface area contributed by atoms with Gasteiger partial charge in [0.1, 0.15) is 6.61 Å². The largest absolute Gasteiger partial charge is 0.478 e. The molecule has 0 amide bonds. The Morgan fingerprint density at radius 3 is 2.53 bits per heavy atom. The van der Waals surface area contributed by atoms with Gasteiger partial charge in [-0.05, 0) is 17.2 Å². The highest BCUT2D eigenvalue weighted by Crippen LogP contribution is 2.06. The first-order valence-electron chi connectivity index (χ1n) is 4.27. The van der Waals surface area contributed by atoms with E-state index in [4.69, 9.17) is 5.11 Å². The fourth-order valence-electron chi connectivity index (χ4n) is 1.02. The SMILES string of the molecule is O=COCc1ccc(/C=C/C(=O)O)cc1. The number of carbonyl (C=O) groups is 2. The highest BCUT2D eigenvalue weighted by atomic mass is 16.5. The summed E-state index contributed by atoms with van der Waals surface area (Å²) >= 11 is 0. The van der Waals surface area contributed by atoms with E-state index in [2.05, 4.69) is 4.74 Å². The molecule has 0 spiro atoms. The van der Waals surface area contributed by atoms with Gasteiger partial charge in [-0.3, -0.25) is 4.79 Å². The van der Waals surface area contributed by atoms with Crippen molar-refractivity contribution >= 4 is 18.5 Å². The Labute approximate surface area is 86.8 Å². The Bertz CT molecular complexity index is 365. The van der Waals surface area contributed by atoms with Crippen LogP contribution < -0.4 is 0 Å². The van der Waals surface area contributed by atoms with Crippen molar-refractivity contribution in [3.8, 4) is 0 Å². The molecule has 0 aliphatic heterocycles. The predicted octanol–water partition coefficient (Wildman–Crippen LogP) is 1.46. The molecule has 0 saturated heterocycles. The van der Waals surface area contributed by atoms with Gasteiger partial charge in [-0.2, -0.15) is 0 Å². The van der Waals surface area contributed by atoms with Crippen LogP contribution in [-0.2, 0) is 20.9 Å². The summed E-state index contributed by atoms with van der Waals surface area (Å²) in [6.45, 7) is 0.616. The lowest BCUT2D eigenvalue weighted by Gasteiger charge is -1.99. The maximum Gasteiger partial charge on any atom is 0.328 e. The molecule has 0 atom stereocenters. The summed E-state index contributed by atoms with van der Waals surface area (Å²) in [5.41, 5.74) is 1.64. The summed E-state index contributed by atoms with van der Waals surface area (Å²) in [5.74, 6) is -0.983. The topological polar surface area (TPSA) is 63.6 Å². The molecule has 0 heterocycles. The zero-order valence-corrected chi connectivity index (χ0v) is 7.92. The zero-order chi connectivity index (χ0) is 11.1. The molecule has 1 rings (SSSR count). The van der Waals surface area contributed by atoms with Crippen LogP contribution in [-0.4, -0.2) is 17.5 Å². The maximum absolute atomic E-state index is 10.2. The van der Waals surface area contributed by atoms with Gasteiger partial charge >= 0.3 is 5.97 Å². The standard InChI is InChI=1S/C11H10O4/c12-8-15-7-10-3-1-9(2-4-10)5-6-11(13)14/h1-6,8H,7H2,(H,13,14)/b6-5+. The monoisotopic (exact) mass is 206 g/mol. The molecule has 1 aromatic carbocycles. The lowest BCUT2D eigenvalue weighted by atomic mass is 10.1. The van der Waals surface area contributed by atoms with E-state index >= 15 is 0 Å². The minimum atomic E-state index is -0.983. The van der Waals surface area contributed by atoms with Gasteiger partial charge in [0.05, 0.1) is 0 Å². The molecular formula is C11H10O4. The van der Waals surface area contributed by atoms with Crippen molar-refractivity contribution < 1.29 is 19.4 Å². The quantitative estimate of drug-likeness (QED) is 0.585. The first kappa shape index (κ1) is 11.0. The van der Waals surface area contributed by atoms with E-state index in [1.165, 1.54) is 6.08 Å². The van der Waals surface area contributed by atoms with Gasteiger partial charge in [0, 0.05) is 6.08 Å². The van der Waals surface area contributed by atoms with Crippen LogP contribution in [0.5, 0.6) is 0 Å². The van der Waals surface area contributed by atoms with Crippen LogP contribution >= 0.6 is 0 Å². The molecule has 4 heteroatoms. The number of carboxylic acids is 1. The average Bonchev–Trinajstić information content (AvgIpc) is 2.25. The molecule has 0 aromatic heterocycles. The summed E-state index contributed by atoms with van der Waals surface area (Å²) in [6, 6.07) is 7.04. The number of rotatable bonds is 5. The smallest absolute Gasteiger partial charge is 0.328 e. The lowest BCUT2D eigenvalue weighted by molar-refractivity contribution is -0.131. The number of hydrogen-bond acceptors (Lipinski definition) is 3. The van der Waals surface area contributed by atoms with Crippen LogP contribution in [0.3, 0.4) is 0 Å². The molecular weight excluding hydrogens is 196 g/mol. The molecule has 0 aliphatic carbocycles. The van der Waals surface area contributed by atoms with Gasteiger partial charge in [0.2, 0.25) is 0 Å². The van der Waals surface area contributed by atoms with Gasteiger partial charge < -0.3 is 9.84 Å². The molecule has 15 heavy (non-hydrogen) atoms. The highest BCUT2D eigenvalue weighted by Gasteiger charge is 1.93. The number of aliphatic carboxylic acids is 1. The Morgan fingerprint density at radius 1 is 1.33 bits per heavy atom. The number of carboxylic acid groups (broad SMARTS) is 1. The second-order valence-electron chi connectivity index (χ2n) is 2.82. The van der Waals surface area contributed by atoms with Crippen molar-refractivity contribution in [1.82, 2.24) is 0 Å². The van der Waals surface area contributed by atoms with Crippen LogP contribution in [0.15, 0.2) is 30.3 Å². The van der Waals surface area contributed by atoms with Crippen molar-refractivity contribution in [3.05, 3.63) is 41.5 Å². The van der Waals surface area contributed by atoms with Crippen LogP contribution in [0.1, 0.15) is 11.1 Å². The number of ether oxygens (including phenoxy) is 1. The Hall–Kier alpha value is -2.10. The van der Waals surface area contributed by atoms with E-state index in [9.17, 15) is 9.59 Å². The van der Waals surface area contributed by atoms with Gasteiger partial charge in [0.15, 0.2) is 0 Å².